The molecule has 1 aromatic rings. The number of nitrogens with zero attached hydrogens (tertiary/aromatic N) is 2. The maximum Gasteiger partial charge on any atom is 0.495 e. The van der Waals surface area contributed by atoms with E-state index in [2.05, 4.69) is 4.98 Å². The van der Waals surface area contributed by atoms with Crippen LogP contribution in [0.3, 0.4) is 0 Å². The monoisotopic (exact) mass is 318 g/mol. The van der Waals surface area contributed by atoms with Crippen LogP contribution in [0.15, 0.2) is 18.5 Å². The number of carbonyl (C=O) groups excluding carboxylic acids is 1. The summed E-state index contributed by atoms with van der Waals surface area (Å²) >= 11 is 0. The van der Waals surface area contributed by atoms with E-state index < -0.39 is 18.3 Å². The molecular weight excluding hydrogens is 295 g/mol. The van der Waals surface area contributed by atoms with Gasteiger partial charge in [0.1, 0.15) is 0 Å². The van der Waals surface area contributed by atoms with Crippen molar-refractivity contribution in [2.24, 2.45) is 0 Å². The third-order valence-corrected chi connectivity index (χ3v) is 4.89. The van der Waals surface area contributed by atoms with E-state index >= 15 is 0 Å². The normalized spacial score (nSPS) is 23.1. The fraction of sp³-hybridized carbons (Fsp3) is 0.625. The van der Waals surface area contributed by atoms with Crippen LogP contribution in [0, 0.1) is 0 Å². The van der Waals surface area contributed by atoms with Crippen molar-refractivity contribution in [1.29, 1.82) is 0 Å². The number of ether oxygens (including phenoxy) is 1. The zero-order valence-electron chi connectivity index (χ0n) is 14.2. The molecule has 0 radical (unpaired) electrons. The minimum absolute atomic E-state index is 0.0499. The summed E-state index contributed by atoms with van der Waals surface area (Å²) in [5.74, 6) is -0.0499. The van der Waals surface area contributed by atoms with Gasteiger partial charge in [-0.25, -0.2) is 0 Å². The molecule has 0 atom stereocenters. The molecule has 2 saturated heterocycles. The van der Waals surface area contributed by atoms with E-state index in [4.69, 9.17) is 14.0 Å². The first-order chi connectivity index (χ1) is 10.8. The lowest BCUT2D eigenvalue weighted by Crippen LogP contribution is -2.45. The molecule has 6 nitrogen and oxygen atoms in total. The fourth-order valence-corrected chi connectivity index (χ4v) is 2.70. The minimum atomic E-state index is -0.567. The van der Waals surface area contributed by atoms with Gasteiger partial charge in [-0.1, -0.05) is 0 Å². The van der Waals surface area contributed by atoms with Gasteiger partial charge in [0, 0.05) is 25.5 Å². The number of morpholine rings is 1. The van der Waals surface area contributed by atoms with Gasteiger partial charge in [0.15, 0.2) is 0 Å². The van der Waals surface area contributed by atoms with Crippen LogP contribution in [-0.4, -0.2) is 60.4 Å². The molecule has 2 aliphatic heterocycles. The molecule has 0 N–H and O–H groups in total. The van der Waals surface area contributed by atoms with Crippen LogP contribution < -0.4 is 5.46 Å². The summed E-state index contributed by atoms with van der Waals surface area (Å²) in [7, 11) is -0.567. The first-order valence-electron chi connectivity index (χ1n) is 7.98. The second-order valence-electron chi connectivity index (χ2n) is 6.96. The van der Waals surface area contributed by atoms with Crippen molar-refractivity contribution in [3.63, 3.8) is 0 Å². The third-order valence-electron chi connectivity index (χ3n) is 4.89. The smallest absolute Gasteiger partial charge is 0.399 e. The van der Waals surface area contributed by atoms with Crippen molar-refractivity contribution >= 4 is 18.5 Å². The van der Waals surface area contributed by atoms with Crippen LogP contribution in [0.5, 0.6) is 0 Å². The zero-order valence-corrected chi connectivity index (χ0v) is 14.2. The average Bonchev–Trinajstić information content (AvgIpc) is 2.75. The van der Waals surface area contributed by atoms with Crippen LogP contribution in [0.1, 0.15) is 38.1 Å². The van der Waals surface area contributed by atoms with Crippen LogP contribution in [0.2, 0.25) is 0 Å². The van der Waals surface area contributed by atoms with Crippen molar-refractivity contribution in [3.8, 4) is 0 Å². The number of pyridine rings is 1. The minimum Gasteiger partial charge on any atom is -0.399 e. The summed E-state index contributed by atoms with van der Waals surface area (Å²) in [6.45, 7) is 10.3. The maximum atomic E-state index is 12.8. The van der Waals surface area contributed by atoms with E-state index in [1.165, 1.54) is 0 Å². The summed E-state index contributed by atoms with van der Waals surface area (Å²) in [5, 5.41) is 0. The molecule has 0 unspecified atom stereocenters. The van der Waals surface area contributed by atoms with Gasteiger partial charge in [0.2, 0.25) is 0 Å². The van der Waals surface area contributed by atoms with Crippen LogP contribution in [0.25, 0.3) is 0 Å². The molecular formula is C16H23BN2O4. The Morgan fingerprint density at radius 1 is 1.17 bits per heavy atom. The van der Waals surface area contributed by atoms with Gasteiger partial charge in [-0.05, 0) is 39.2 Å². The molecule has 0 bridgehead atoms. The summed E-state index contributed by atoms with van der Waals surface area (Å²) in [6.07, 6.45) is 3.26. The summed E-state index contributed by atoms with van der Waals surface area (Å²) in [6, 6.07) is 1.80. The van der Waals surface area contributed by atoms with Crippen molar-refractivity contribution in [2.45, 2.75) is 38.9 Å². The number of carbonyl (C=O) groups is 1. The van der Waals surface area contributed by atoms with Crippen molar-refractivity contribution in [3.05, 3.63) is 24.0 Å². The molecule has 7 heteroatoms. The second-order valence-corrected chi connectivity index (χ2v) is 6.96. The number of rotatable bonds is 2. The maximum absolute atomic E-state index is 12.8. The van der Waals surface area contributed by atoms with Gasteiger partial charge in [-0.3, -0.25) is 9.78 Å². The number of amides is 1. The molecule has 0 aliphatic carbocycles. The molecule has 23 heavy (non-hydrogen) atoms. The van der Waals surface area contributed by atoms with E-state index in [-0.39, 0.29) is 5.91 Å². The van der Waals surface area contributed by atoms with Crippen LogP contribution in [-0.2, 0) is 14.0 Å². The topological polar surface area (TPSA) is 60.9 Å². The van der Waals surface area contributed by atoms with Gasteiger partial charge < -0.3 is 18.9 Å². The van der Waals surface area contributed by atoms with Crippen LogP contribution in [0.4, 0.5) is 0 Å². The van der Waals surface area contributed by atoms with Gasteiger partial charge >= 0.3 is 7.12 Å². The highest BCUT2D eigenvalue weighted by atomic mass is 16.7. The van der Waals surface area contributed by atoms with E-state index in [0.717, 1.165) is 5.46 Å². The molecule has 0 saturated carbocycles. The molecule has 2 fully saturated rings. The predicted molar refractivity (Wildman–Crippen MR) is 86.7 cm³/mol. The average molecular weight is 318 g/mol. The van der Waals surface area contributed by atoms with Gasteiger partial charge in [-0.15, -0.1) is 0 Å². The molecule has 0 spiro atoms. The van der Waals surface area contributed by atoms with Crippen molar-refractivity contribution in [2.75, 3.05) is 26.3 Å². The highest BCUT2D eigenvalue weighted by Crippen LogP contribution is 2.36. The molecule has 3 rings (SSSR count). The molecule has 124 valence electrons. The quantitative estimate of drug-likeness (QED) is 0.757. The first-order valence-corrected chi connectivity index (χ1v) is 7.98. The lowest BCUT2D eigenvalue weighted by atomic mass is 9.76. The molecule has 0 aromatic carbocycles. The first kappa shape index (κ1) is 16.4. The Bertz CT molecular complexity index is 583. The molecule has 3 heterocycles. The van der Waals surface area contributed by atoms with Gasteiger partial charge in [0.05, 0.1) is 30.0 Å². The van der Waals surface area contributed by atoms with Gasteiger partial charge in [-0.2, -0.15) is 0 Å². The largest absolute Gasteiger partial charge is 0.495 e. The Morgan fingerprint density at radius 3 is 2.39 bits per heavy atom. The Kier molecular flexibility index (Phi) is 4.20. The Morgan fingerprint density at radius 2 is 1.78 bits per heavy atom. The van der Waals surface area contributed by atoms with Crippen molar-refractivity contribution in [1.82, 2.24) is 9.88 Å². The lowest BCUT2D eigenvalue weighted by molar-refractivity contribution is 0.00578. The number of aromatic nitrogens is 1. The summed E-state index contributed by atoms with van der Waals surface area (Å²) in [4.78, 5) is 18.7. The van der Waals surface area contributed by atoms with Crippen LogP contribution >= 0.6 is 0 Å². The third kappa shape index (κ3) is 3.01. The Balaban J connectivity index is 1.88. The van der Waals surface area contributed by atoms with E-state index in [1.54, 1.807) is 23.4 Å². The van der Waals surface area contributed by atoms with E-state index in [9.17, 15) is 4.79 Å². The highest BCUT2D eigenvalue weighted by molar-refractivity contribution is 6.63. The standard InChI is InChI=1S/C16H23BN2O4/c1-15(2)16(3,4)23-17(22-15)13-5-6-18-11-12(13)14(20)19-7-9-21-10-8-19/h5-6,11H,7-10H2,1-4H3. The highest BCUT2D eigenvalue weighted by Gasteiger charge is 2.52. The SMILES string of the molecule is CC1(C)OB(c2ccncc2C(=O)N2CCOCC2)OC1(C)C. The Hall–Kier alpha value is -1.44. The molecule has 1 amide bonds. The van der Waals surface area contributed by atoms with E-state index in [0.29, 0.717) is 31.9 Å². The van der Waals surface area contributed by atoms with E-state index in [1.807, 2.05) is 27.7 Å². The lowest BCUT2D eigenvalue weighted by Gasteiger charge is -2.32. The van der Waals surface area contributed by atoms with Crippen molar-refractivity contribution < 1.29 is 18.8 Å². The molecule has 1 aromatic heterocycles. The zero-order chi connectivity index (χ0) is 16.7. The number of hydrogen-bond donors (Lipinski definition) is 0. The molecule has 2 aliphatic rings. The fourth-order valence-electron chi connectivity index (χ4n) is 2.70. The number of hydrogen-bond acceptors (Lipinski definition) is 5. The Labute approximate surface area is 137 Å². The summed E-state index contributed by atoms with van der Waals surface area (Å²) < 4.78 is 17.5. The second kappa shape index (κ2) is 5.89. The van der Waals surface area contributed by atoms with Gasteiger partial charge in [0.25, 0.3) is 5.91 Å². The summed E-state index contributed by atoms with van der Waals surface area (Å²) in [5.41, 5.74) is 0.378. The predicted octanol–water partition coefficient (Wildman–Crippen LogP) is 0.853.